The van der Waals surface area contributed by atoms with E-state index in [9.17, 15) is 18.0 Å². The predicted molar refractivity (Wildman–Crippen MR) is 119 cm³/mol. The number of halogens is 3. The monoisotopic (exact) mass is 439 g/mol. The third-order valence-electron chi connectivity index (χ3n) is 5.31. The largest absolute Gasteiger partial charge is 0.416 e. The Hall–Kier alpha value is -4.01. The molecule has 164 valence electrons. The first-order valence-electron chi connectivity index (χ1n) is 9.69. The van der Waals surface area contributed by atoms with Gasteiger partial charge in [-0.1, -0.05) is 18.2 Å². The molecule has 0 saturated carbocycles. The van der Waals surface area contributed by atoms with Crippen LogP contribution in [0.2, 0.25) is 0 Å². The van der Waals surface area contributed by atoms with Gasteiger partial charge in [0.1, 0.15) is 0 Å². The summed E-state index contributed by atoms with van der Waals surface area (Å²) in [5.74, 6) is 0.362. The molecule has 0 fully saturated rings. The van der Waals surface area contributed by atoms with Crippen molar-refractivity contribution in [1.29, 1.82) is 0 Å². The first-order chi connectivity index (χ1) is 15.1. The van der Waals surface area contributed by atoms with Gasteiger partial charge in [0.05, 0.1) is 27.8 Å². The Labute approximate surface area is 181 Å². The molecule has 2 amide bonds. The van der Waals surface area contributed by atoms with Crippen LogP contribution in [0.3, 0.4) is 0 Å². The minimum Gasteiger partial charge on any atom is -0.382 e. The number of aryl methyl sites for hydroxylation is 2. The van der Waals surface area contributed by atoms with Gasteiger partial charge in [-0.2, -0.15) is 18.3 Å². The lowest BCUT2D eigenvalue weighted by molar-refractivity contribution is -0.137. The van der Waals surface area contributed by atoms with Crippen LogP contribution in [-0.4, -0.2) is 16.2 Å². The number of alkyl halides is 3. The van der Waals surface area contributed by atoms with Gasteiger partial charge >= 0.3 is 12.2 Å². The molecule has 0 aliphatic rings. The van der Waals surface area contributed by atoms with Crippen molar-refractivity contribution in [2.45, 2.75) is 20.0 Å². The van der Waals surface area contributed by atoms with Crippen molar-refractivity contribution in [3.8, 4) is 11.1 Å². The molecular formula is C23H20F3N5O. The molecule has 4 aromatic rings. The van der Waals surface area contributed by atoms with Gasteiger partial charge in [0.2, 0.25) is 0 Å². The molecule has 0 aliphatic heterocycles. The van der Waals surface area contributed by atoms with Gasteiger partial charge in [-0.05, 0) is 72.5 Å². The van der Waals surface area contributed by atoms with E-state index in [0.29, 0.717) is 11.5 Å². The zero-order chi connectivity index (χ0) is 23.2. The van der Waals surface area contributed by atoms with E-state index in [2.05, 4.69) is 10.2 Å². The second-order valence-electron chi connectivity index (χ2n) is 7.51. The Balaban J connectivity index is 1.86. The molecule has 0 aliphatic carbocycles. The molecule has 1 heterocycles. The van der Waals surface area contributed by atoms with Crippen LogP contribution in [0.4, 0.5) is 35.2 Å². The zero-order valence-corrected chi connectivity index (χ0v) is 17.3. The number of primary amides is 1. The van der Waals surface area contributed by atoms with Crippen molar-refractivity contribution in [3.05, 3.63) is 71.3 Å². The first kappa shape index (κ1) is 21.2. The fourth-order valence-electron chi connectivity index (χ4n) is 4.03. The molecule has 6 nitrogen and oxygen atoms in total. The quantitative estimate of drug-likeness (QED) is 0.384. The van der Waals surface area contributed by atoms with E-state index in [4.69, 9.17) is 11.5 Å². The van der Waals surface area contributed by atoms with Gasteiger partial charge in [0, 0.05) is 0 Å². The number of hydrogen-bond donors (Lipinski definition) is 3. The Morgan fingerprint density at radius 2 is 1.66 bits per heavy atom. The number of aromatic nitrogens is 2. The summed E-state index contributed by atoms with van der Waals surface area (Å²) in [7, 11) is 0. The van der Waals surface area contributed by atoms with Gasteiger partial charge in [-0.15, -0.1) is 0 Å². The van der Waals surface area contributed by atoms with E-state index in [0.717, 1.165) is 50.2 Å². The number of benzene rings is 3. The summed E-state index contributed by atoms with van der Waals surface area (Å²) >= 11 is 0. The minimum atomic E-state index is -4.54. The number of carbonyl (C=O) groups is 1. The van der Waals surface area contributed by atoms with Crippen LogP contribution in [0.1, 0.15) is 16.7 Å². The van der Waals surface area contributed by atoms with Crippen molar-refractivity contribution in [2.24, 2.45) is 5.73 Å². The van der Waals surface area contributed by atoms with E-state index >= 15 is 0 Å². The van der Waals surface area contributed by atoms with Crippen molar-refractivity contribution in [1.82, 2.24) is 10.2 Å². The molecule has 0 radical (unpaired) electrons. The number of nitrogens with two attached hydrogens (primary N) is 2. The lowest BCUT2D eigenvalue weighted by Gasteiger charge is -2.24. The summed E-state index contributed by atoms with van der Waals surface area (Å²) < 4.78 is 39.6. The molecule has 4 rings (SSSR count). The smallest absolute Gasteiger partial charge is 0.382 e. The zero-order valence-electron chi connectivity index (χ0n) is 17.3. The first-order valence-corrected chi connectivity index (χ1v) is 9.69. The summed E-state index contributed by atoms with van der Waals surface area (Å²) in [6.45, 7) is 3.71. The average Bonchev–Trinajstić information content (AvgIpc) is 3.09. The number of H-pyrrole nitrogens is 1. The number of amides is 2. The van der Waals surface area contributed by atoms with Crippen LogP contribution in [0, 0.1) is 13.8 Å². The van der Waals surface area contributed by atoms with Crippen molar-refractivity contribution < 1.29 is 18.0 Å². The summed E-state index contributed by atoms with van der Waals surface area (Å²) in [6.07, 6.45) is -4.54. The third-order valence-corrected chi connectivity index (χ3v) is 5.31. The highest BCUT2D eigenvalue weighted by atomic mass is 19.4. The number of aromatic amines is 1. The van der Waals surface area contributed by atoms with Gasteiger partial charge in [0.25, 0.3) is 0 Å². The summed E-state index contributed by atoms with van der Waals surface area (Å²) in [5, 5.41) is 7.73. The number of nitrogen functional groups attached to an aromatic ring is 1. The van der Waals surface area contributed by atoms with Crippen molar-refractivity contribution >= 4 is 34.1 Å². The molecule has 1 aromatic heterocycles. The number of anilines is 3. The predicted octanol–water partition coefficient (Wildman–Crippen LogP) is 5.66. The van der Waals surface area contributed by atoms with Crippen LogP contribution in [-0.2, 0) is 6.18 Å². The summed E-state index contributed by atoms with van der Waals surface area (Å²) in [4.78, 5) is 13.3. The average molecular weight is 439 g/mol. The van der Waals surface area contributed by atoms with Crippen LogP contribution in [0.5, 0.6) is 0 Å². The van der Waals surface area contributed by atoms with E-state index in [1.165, 1.54) is 12.1 Å². The van der Waals surface area contributed by atoms with Crippen LogP contribution < -0.4 is 16.4 Å². The van der Waals surface area contributed by atoms with E-state index < -0.39 is 17.8 Å². The van der Waals surface area contributed by atoms with Gasteiger partial charge < -0.3 is 11.5 Å². The van der Waals surface area contributed by atoms with E-state index in [-0.39, 0.29) is 5.69 Å². The third kappa shape index (κ3) is 3.62. The maximum Gasteiger partial charge on any atom is 0.416 e. The Morgan fingerprint density at radius 3 is 2.28 bits per heavy atom. The molecule has 5 N–H and O–H groups in total. The van der Waals surface area contributed by atoms with Crippen molar-refractivity contribution in [2.75, 3.05) is 10.6 Å². The maximum absolute atomic E-state index is 13.2. The van der Waals surface area contributed by atoms with Gasteiger partial charge in [0.15, 0.2) is 5.82 Å². The molecule has 0 spiro atoms. The van der Waals surface area contributed by atoms with Crippen LogP contribution in [0.25, 0.3) is 22.0 Å². The van der Waals surface area contributed by atoms with E-state index in [1.807, 2.05) is 32.0 Å². The molecule has 0 saturated heterocycles. The number of hydrogen-bond acceptors (Lipinski definition) is 3. The molecular weight excluding hydrogens is 419 g/mol. The highest BCUT2D eigenvalue weighted by Crippen LogP contribution is 2.39. The Morgan fingerprint density at radius 1 is 1.00 bits per heavy atom. The molecule has 0 atom stereocenters. The van der Waals surface area contributed by atoms with Crippen LogP contribution in [0.15, 0.2) is 54.6 Å². The fourth-order valence-corrected chi connectivity index (χ4v) is 4.03. The molecule has 9 heteroatoms. The summed E-state index contributed by atoms with van der Waals surface area (Å²) in [6, 6.07) is 12.7. The molecule has 0 unspecified atom stereocenters. The topological polar surface area (TPSA) is 101 Å². The van der Waals surface area contributed by atoms with Gasteiger partial charge in [-0.3, -0.25) is 10.00 Å². The van der Waals surface area contributed by atoms with E-state index in [1.54, 1.807) is 12.1 Å². The number of rotatable bonds is 3. The fraction of sp³-hybridized carbons (Fsp3) is 0.130. The maximum atomic E-state index is 13.2. The van der Waals surface area contributed by atoms with Crippen LogP contribution >= 0.6 is 0 Å². The molecule has 32 heavy (non-hydrogen) atoms. The number of urea groups is 1. The summed E-state index contributed by atoms with van der Waals surface area (Å²) in [5.41, 5.74) is 15.3. The Bertz CT molecular complexity index is 1320. The molecule has 3 aromatic carbocycles. The molecule has 0 bridgehead atoms. The lowest BCUT2D eigenvalue weighted by atomic mass is 9.92. The number of nitrogens with zero attached hydrogens (tertiary/aromatic N) is 2. The highest BCUT2D eigenvalue weighted by Gasteiger charge is 2.31. The highest BCUT2D eigenvalue weighted by molar-refractivity contribution is 6.04. The lowest BCUT2D eigenvalue weighted by Crippen LogP contribution is -2.31. The number of nitrogens with one attached hydrogen (secondary N) is 1. The normalized spacial score (nSPS) is 11.7. The number of carbonyl (C=O) groups excluding carboxylic acids is 1. The van der Waals surface area contributed by atoms with Gasteiger partial charge in [-0.25, -0.2) is 4.79 Å². The standard InChI is InChI=1S/C23H20F3N5O/c1-12-9-16(31(22(28)32)15-6-3-5-14(11-15)23(24,25)26)10-13(2)19(12)17-7-4-8-18-20(17)21(27)30-29-18/h3-11H,1-2H3,(H2,28,32)(H3,27,29,30). The Kier molecular flexibility index (Phi) is 5.04. The second kappa shape index (κ2) is 7.60. The minimum absolute atomic E-state index is 0.0278. The second-order valence-corrected chi connectivity index (χ2v) is 7.51. The van der Waals surface area contributed by atoms with Crippen molar-refractivity contribution in [3.63, 3.8) is 0 Å². The number of fused-ring (bicyclic) bond motifs is 1. The SMILES string of the molecule is Cc1cc(N(C(N)=O)c2cccc(C(F)(F)F)c2)cc(C)c1-c1cccc2[nH]nc(N)c12.